The zero-order valence-corrected chi connectivity index (χ0v) is 18.4. The molecule has 0 bridgehead atoms. The molecule has 35 heavy (non-hydrogen) atoms. The first-order valence-electron chi connectivity index (χ1n) is 10.7. The van der Waals surface area contributed by atoms with E-state index in [1.165, 1.54) is 30.5 Å². The Morgan fingerprint density at radius 2 is 1.80 bits per heavy atom. The normalized spacial score (nSPS) is 13.9. The highest BCUT2D eigenvalue weighted by molar-refractivity contribution is 6.02. The van der Waals surface area contributed by atoms with E-state index in [1.807, 2.05) is 0 Å². The van der Waals surface area contributed by atoms with Crippen LogP contribution < -0.4 is 20.3 Å². The van der Waals surface area contributed by atoms with Crippen molar-refractivity contribution < 1.29 is 36.7 Å². The number of nitrogens with zero attached hydrogens (tertiary/aromatic N) is 1. The van der Waals surface area contributed by atoms with E-state index in [0.717, 1.165) is 6.07 Å². The SMILES string of the molecule is O=C(COc1cccc(NC(=O)c2ccco2)c1)Nc1ccc(N2CCOCC2)cc1C(F)(F)F. The van der Waals surface area contributed by atoms with E-state index >= 15 is 0 Å². The summed E-state index contributed by atoms with van der Waals surface area (Å²) in [5.41, 5.74) is -0.509. The van der Waals surface area contributed by atoms with Gasteiger partial charge in [0.1, 0.15) is 5.75 Å². The number of furan rings is 1. The van der Waals surface area contributed by atoms with Crippen LogP contribution in [0.3, 0.4) is 0 Å². The fourth-order valence-electron chi connectivity index (χ4n) is 3.49. The van der Waals surface area contributed by atoms with Crippen LogP contribution in [0.4, 0.5) is 30.2 Å². The molecule has 0 spiro atoms. The number of ether oxygens (including phenoxy) is 2. The molecule has 1 aliphatic rings. The van der Waals surface area contributed by atoms with Crippen LogP contribution in [0.15, 0.2) is 65.3 Å². The Kier molecular flexibility index (Phi) is 7.25. The van der Waals surface area contributed by atoms with Gasteiger partial charge >= 0.3 is 6.18 Å². The maximum absolute atomic E-state index is 13.7. The third kappa shape index (κ3) is 6.33. The maximum atomic E-state index is 13.7. The Morgan fingerprint density at radius 3 is 2.51 bits per heavy atom. The number of carbonyl (C=O) groups excluding carboxylic acids is 2. The van der Waals surface area contributed by atoms with Gasteiger partial charge in [-0.05, 0) is 42.5 Å². The van der Waals surface area contributed by atoms with E-state index in [9.17, 15) is 22.8 Å². The first kappa shape index (κ1) is 24.1. The Morgan fingerprint density at radius 1 is 1.00 bits per heavy atom. The lowest BCUT2D eigenvalue weighted by Crippen LogP contribution is -2.36. The van der Waals surface area contributed by atoms with Crippen LogP contribution in [0.1, 0.15) is 16.1 Å². The number of carbonyl (C=O) groups is 2. The van der Waals surface area contributed by atoms with Crippen LogP contribution in [0.2, 0.25) is 0 Å². The molecule has 11 heteroatoms. The standard InChI is InChI=1S/C24H22F3N3O5/c25-24(26,27)19-14-17(30-8-11-33-12-9-30)6-7-20(19)29-22(31)15-35-18-4-1-3-16(13-18)28-23(32)21-5-2-10-34-21/h1-7,10,13-14H,8-9,11-12,15H2,(H,28,32)(H,29,31). The molecule has 2 aromatic carbocycles. The molecule has 1 saturated heterocycles. The average Bonchev–Trinajstić information content (AvgIpc) is 3.39. The molecule has 2 N–H and O–H groups in total. The van der Waals surface area contributed by atoms with Crippen molar-refractivity contribution in [2.24, 2.45) is 0 Å². The van der Waals surface area contributed by atoms with Crippen molar-refractivity contribution in [2.45, 2.75) is 6.18 Å². The molecule has 2 heterocycles. The van der Waals surface area contributed by atoms with E-state index < -0.39 is 30.2 Å². The first-order chi connectivity index (χ1) is 16.8. The predicted molar refractivity (Wildman–Crippen MR) is 122 cm³/mol. The smallest absolute Gasteiger partial charge is 0.418 e. The second-order valence-electron chi connectivity index (χ2n) is 7.62. The molecule has 2 amide bonds. The zero-order valence-electron chi connectivity index (χ0n) is 18.4. The molecule has 4 rings (SSSR count). The number of benzene rings is 2. The van der Waals surface area contributed by atoms with Gasteiger partial charge < -0.3 is 29.4 Å². The van der Waals surface area contributed by atoms with Gasteiger partial charge in [-0.1, -0.05) is 6.07 Å². The molecule has 8 nitrogen and oxygen atoms in total. The van der Waals surface area contributed by atoms with Crippen molar-refractivity contribution in [3.8, 4) is 5.75 Å². The summed E-state index contributed by atoms with van der Waals surface area (Å²) in [4.78, 5) is 26.2. The lowest BCUT2D eigenvalue weighted by molar-refractivity contribution is -0.137. The number of amides is 2. The summed E-state index contributed by atoms with van der Waals surface area (Å²) in [6, 6.07) is 13.1. The number of hydrogen-bond donors (Lipinski definition) is 2. The molecule has 0 aliphatic carbocycles. The van der Waals surface area contributed by atoms with E-state index in [-0.39, 0.29) is 17.2 Å². The molecule has 0 unspecified atom stereocenters. The largest absolute Gasteiger partial charge is 0.484 e. The molecular weight excluding hydrogens is 467 g/mol. The van der Waals surface area contributed by atoms with Crippen molar-refractivity contribution >= 4 is 28.9 Å². The van der Waals surface area contributed by atoms with Gasteiger partial charge in [0.25, 0.3) is 11.8 Å². The lowest BCUT2D eigenvalue weighted by Gasteiger charge is -2.29. The van der Waals surface area contributed by atoms with Crippen molar-refractivity contribution in [3.05, 3.63) is 72.2 Å². The summed E-state index contributed by atoms with van der Waals surface area (Å²) < 4.78 is 56.7. The molecule has 0 atom stereocenters. The average molecular weight is 489 g/mol. The summed E-state index contributed by atoms with van der Waals surface area (Å²) >= 11 is 0. The maximum Gasteiger partial charge on any atom is 0.418 e. The third-order valence-electron chi connectivity index (χ3n) is 5.17. The first-order valence-corrected chi connectivity index (χ1v) is 10.7. The summed E-state index contributed by atoms with van der Waals surface area (Å²) in [6.07, 6.45) is -3.29. The van der Waals surface area contributed by atoms with Gasteiger partial charge in [0.05, 0.1) is 30.7 Å². The number of nitrogens with one attached hydrogen (secondary N) is 2. The summed E-state index contributed by atoms with van der Waals surface area (Å²) in [7, 11) is 0. The van der Waals surface area contributed by atoms with Crippen molar-refractivity contribution in [1.82, 2.24) is 0 Å². The predicted octanol–water partition coefficient (Wildman–Crippen LogP) is 4.40. The highest BCUT2D eigenvalue weighted by Gasteiger charge is 2.35. The summed E-state index contributed by atoms with van der Waals surface area (Å²) in [6.45, 7) is 1.31. The molecule has 3 aromatic rings. The van der Waals surface area contributed by atoms with Gasteiger partial charge in [-0.3, -0.25) is 9.59 Å². The van der Waals surface area contributed by atoms with Crippen LogP contribution in [0, 0.1) is 0 Å². The lowest BCUT2D eigenvalue weighted by atomic mass is 10.1. The van der Waals surface area contributed by atoms with Crippen molar-refractivity contribution in [3.63, 3.8) is 0 Å². The Labute approximate surface area is 198 Å². The van der Waals surface area contributed by atoms with Gasteiger partial charge in [0, 0.05) is 30.5 Å². The minimum atomic E-state index is -4.66. The summed E-state index contributed by atoms with van der Waals surface area (Å²) in [5.74, 6) is -0.864. The van der Waals surface area contributed by atoms with Gasteiger partial charge in [-0.15, -0.1) is 0 Å². The van der Waals surface area contributed by atoms with Crippen molar-refractivity contribution in [2.75, 3.05) is 48.4 Å². The molecule has 1 fully saturated rings. The Balaban J connectivity index is 1.39. The number of anilines is 3. The molecule has 1 aliphatic heterocycles. The van der Waals surface area contributed by atoms with E-state index in [0.29, 0.717) is 37.7 Å². The van der Waals surface area contributed by atoms with Crippen LogP contribution in [-0.4, -0.2) is 44.7 Å². The molecule has 1 aromatic heterocycles. The highest BCUT2D eigenvalue weighted by atomic mass is 19.4. The molecule has 0 saturated carbocycles. The number of halogens is 3. The van der Waals surface area contributed by atoms with E-state index in [2.05, 4.69) is 10.6 Å². The van der Waals surface area contributed by atoms with Gasteiger partial charge in [0.2, 0.25) is 0 Å². The quantitative estimate of drug-likeness (QED) is 0.511. The van der Waals surface area contributed by atoms with E-state index in [4.69, 9.17) is 13.9 Å². The fourth-order valence-corrected chi connectivity index (χ4v) is 3.49. The van der Waals surface area contributed by atoms with Crippen LogP contribution in [0.5, 0.6) is 5.75 Å². The zero-order chi connectivity index (χ0) is 24.8. The minimum absolute atomic E-state index is 0.121. The third-order valence-corrected chi connectivity index (χ3v) is 5.17. The monoisotopic (exact) mass is 489 g/mol. The number of alkyl halides is 3. The molecule has 184 valence electrons. The minimum Gasteiger partial charge on any atom is -0.484 e. The fraction of sp³-hybridized carbons (Fsp3) is 0.250. The molecule has 0 radical (unpaired) electrons. The highest BCUT2D eigenvalue weighted by Crippen LogP contribution is 2.37. The van der Waals surface area contributed by atoms with Crippen LogP contribution in [-0.2, 0) is 15.7 Å². The summed E-state index contributed by atoms with van der Waals surface area (Å²) in [5, 5.41) is 4.89. The second kappa shape index (κ2) is 10.5. The topological polar surface area (TPSA) is 93.0 Å². The Hall–Kier alpha value is -3.99. The van der Waals surface area contributed by atoms with Crippen LogP contribution in [0.25, 0.3) is 0 Å². The number of rotatable bonds is 7. The second-order valence-corrected chi connectivity index (χ2v) is 7.62. The van der Waals surface area contributed by atoms with Crippen molar-refractivity contribution in [1.29, 1.82) is 0 Å². The van der Waals surface area contributed by atoms with Gasteiger partial charge in [0.15, 0.2) is 12.4 Å². The van der Waals surface area contributed by atoms with E-state index in [1.54, 1.807) is 29.2 Å². The molecular formula is C24H22F3N3O5. The Bertz CT molecular complexity index is 1180. The number of morpholine rings is 1. The number of hydrogen-bond acceptors (Lipinski definition) is 6. The van der Waals surface area contributed by atoms with Crippen LogP contribution >= 0.6 is 0 Å². The van der Waals surface area contributed by atoms with Gasteiger partial charge in [-0.2, -0.15) is 13.2 Å². The van der Waals surface area contributed by atoms with Gasteiger partial charge in [-0.25, -0.2) is 0 Å².